The van der Waals surface area contributed by atoms with E-state index >= 15 is 0 Å². The van der Waals surface area contributed by atoms with E-state index in [0.717, 1.165) is 5.56 Å². The zero-order valence-electron chi connectivity index (χ0n) is 17.4. The van der Waals surface area contributed by atoms with Gasteiger partial charge in [-0.2, -0.15) is 0 Å². The Balaban J connectivity index is 1.50. The summed E-state index contributed by atoms with van der Waals surface area (Å²) in [7, 11) is -3.94. The van der Waals surface area contributed by atoms with Gasteiger partial charge in [-0.05, 0) is 67.1 Å². The van der Waals surface area contributed by atoms with Crippen molar-refractivity contribution in [1.82, 2.24) is 9.38 Å². The van der Waals surface area contributed by atoms with E-state index in [1.54, 1.807) is 30.5 Å². The Morgan fingerprint density at radius 3 is 2.61 bits per heavy atom. The molecule has 0 spiro atoms. The number of benzene rings is 2. The number of sulfonamides is 1. The first-order chi connectivity index (χ1) is 15.7. The highest BCUT2D eigenvalue weighted by Crippen LogP contribution is 2.19. The highest BCUT2D eigenvalue weighted by molar-refractivity contribution is 7.92. The highest BCUT2D eigenvalue weighted by Gasteiger charge is 2.17. The number of hydrogen-bond acceptors (Lipinski definition) is 6. The van der Waals surface area contributed by atoms with Crippen LogP contribution in [-0.2, 0) is 21.4 Å². The molecule has 1 N–H and O–H groups in total. The summed E-state index contributed by atoms with van der Waals surface area (Å²) in [5, 5.41) is 0.474. The summed E-state index contributed by atoms with van der Waals surface area (Å²) in [4.78, 5) is 29.0. The number of nitrogens with one attached hydrogen (secondary N) is 1. The molecule has 0 amide bonds. The average molecular weight is 484 g/mol. The highest BCUT2D eigenvalue weighted by atomic mass is 35.5. The lowest BCUT2D eigenvalue weighted by Crippen LogP contribution is -2.17. The van der Waals surface area contributed by atoms with Crippen LogP contribution in [0, 0.1) is 6.92 Å². The van der Waals surface area contributed by atoms with Crippen LogP contribution in [0.5, 0.6) is 0 Å². The van der Waals surface area contributed by atoms with Crippen molar-refractivity contribution >= 4 is 38.9 Å². The van der Waals surface area contributed by atoms with Gasteiger partial charge in [0.2, 0.25) is 0 Å². The largest absolute Gasteiger partial charge is 0.456 e. The van der Waals surface area contributed by atoms with E-state index in [1.807, 2.05) is 6.92 Å². The van der Waals surface area contributed by atoms with Crippen molar-refractivity contribution in [1.29, 1.82) is 0 Å². The average Bonchev–Trinajstić information content (AvgIpc) is 2.78. The van der Waals surface area contributed by atoms with E-state index in [2.05, 4.69) is 9.71 Å². The van der Waals surface area contributed by atoms with Gasteiger partial charge in [0, 0.05) is 23.0 Å². The fourth-order valence-electron chi connectivity index (χ4n) is 3.07. The molecule has 2 heterocycles. The molecule has 0 saturated heterocycles. The first kappa shape index (κ1) is 22.5. The van der Waals surface area contributed by atoms with Crippen LogP contribution in [0.15, 0.2) is 82.6 Å². The van der Waals surface area contributed by atoms with Gasteiger partial charge in [-0.1, -0.05) is 17.7 Å². The Hall–Kier alpha value is -3.69. The lowest BCUT2D eigenvalue weighted by atomic mass is 10.2. The number of rotatable bonds is 6. The van der Waals surface area contributed by atoms with Crippen molar-refractivity contribution < 1.29 is 17.9 Å². The maximum absolute atomic E-state index is 12.7. The van der Waals surface area contributed by atoms with Crippen LogP contribution >= 0.6 is 11.6 Å². The van der Waals surface area contributed by atoms with Gasteiger partial charge >= 0.3 is 5.97 Å². The molecule has 0 radical (unpaired) electrons. The van der Waals surface area contributed by atoms with Crippen LogP contribution in [0.1, 0.15) is 21.6 Å². The molecule has 2 aromatic carbocycles. The minimum atomic E-state index is -3.94. The van der Waals surface area contributed by atoms with E-state index in [0.29, 0.717) is 16.4 Å². The molecule has 8 nitrogen and oxygen atoms in total. The predicted molar refractivity (Wildman–Crippen MR) is 124 cm³/mol. The molecule has 0 fully saturated rings. The SMILES string of the molecule is Cc1ccn2c(=O)cc(COC(=O)c3cccc(S(=O)(=O)Nc4ccc(Cl)cc4)c3)nc2c1. The Bertz CT molecular complexity index is 1520. The van der Waals surface area contributed by atoms with Gasteiger partial charge in [0.25, 0.3) is 15.6 Å². The smallest absolute Gasteiger partial charge is 0.338 e. The van der Waals surface area contributed by atoms with Gasteiger partial charge in [-0.15, -0.1) is 0 Å². The number of carbonyl (C=O) groups is 1. The van der Waals surface area contributed by atoms with Crippen molar-refractivity contribution in [2.24, 2.45) is 0 Å². The van der Waals surface area contributed by atoms with Gasteiger partial charge < -0.3 is 4.74 Å². The van der Waals surface area contributed by atoms with Crippen molar-refractivity contribution in [3.05, 3.63) is 105 Å². The van der Waals surface area contributed by atoms with Crippen LogP contribution in [-0.4, -0.2) is 23.8 Å². The molecule has 4 aromatic rings. The summed E-state index contributed by atoms with van der Waals surface area (Å²) in [5.74, 6) is -0.746. The van der Waals surface area contributed by atoms with Crippen LogP contribution in [0.2, 0.25) is 5.02 Å². The molecule has 0 aliphatic heterocycles. The zero-order chi connectivity index (χ0) is 23.6. The molecule has 0 aliphatic carbocycles. The summed E-state index contributed by atoms with van der Waals surface area (Å²) in [5.41, 5.74) is 1.73. The van der Waals surface area contributed by atoms with Crippen LogP contribution in [0.25, 0.3) is 5.65 Å². The van der Waals surface area contributed by atoms with E-state index in [1.165, 1.54) is 46.9 Å². The molecule has 168 valence electrons. The number of halogens is 1. The molecule has 4 rings (SSSR count). The lowest BCUT2D eigenvalue weighted by molar-refractivity contribution is 0.0467. The number of hydrogen-bond donors (Lipinski definition) is 1. The molecule has 0 aliphatic rings. The minimum absolute atomic E-state index is 0.0438. The third-order valence-electron chi connectivity index (χ3n) is 4.70. The number of anilines is 1. The third-order valence-corrected chi connectivity index (χ3v) is 6.33. The Morgan fingerprint density at radius 1 is 1.09 bits per heavy atom. The molecule has 0 saturated carbocycles. The molecular weight excluding hydrogens is 466 g/mol. The minimum Gasteiger partial charge on any atom is -0.456 e. The number of pyridine rings is 1. The number of esters is 1. The van der Waals surface area contributed by atoms with Crippen LogP contribution < -0.4 is 10.3 Å². The molecule has 10 heteroatoms. The molecule has 2 aromatic heterocycles. The van der Waals surface area contributed by atoms with Gasteiger partial charge in [0.15, 0.2) is 0 Å². The summed E-state index contributed by atoms with van der Waals surface area (Å²) in [6.45, 7) is 1.64. The van der Waals surface area contributed by atoms with Crippen LogP contribution in [0.3, 0.4) is 0 Å². The van der Waals surface area contributed by atoms with Crippen molar-refractivity contribution in [3.63, 3.8) is 0 Å². The van der Waals surface area contributed by atoms with E-state index < -0.39 is 16.0 Å². The molecular formula is C23H18ClN3O5S. The second-order valence-electron chi connectivity index (χ2n) is 7.23. The van der Waals surface area contributed by atoms with Gasteiger partial charge in [0.05, 0.1) is 16.2 Å². The second-order valence-corrected chi connectivity index (χ2v) is 9.35. The third kappa shape index (κ3) is 5.21. The fraction of sp³-hybridized carbons (Fsp3) is 0.0870. The molecule has 33 heavy (non-hydrogen) atoms. The fourth-order valence-corrected chi connectivity index (χ4v) is 4.30. The molecule has 0 unspecified atom stereocenters. The maximum atomic E-state index is 12.7. The van der Waals surface area contributed by atoms with E-state index in [9.17, 15) is 18.0 Å². The number of nitrogens with zero attached hydrogens (tertiary/aromatic N) is 2. The second kappa shape index (κ2) is 9.05. The number of aromatic nitrogens is 2. The van der Waals surface area contributed by atoms with Crippen molar-refractivity contribution in [2.45, 2.75) is 18.4 Å². The number of carbonyl (C=O) groups excluding carboxylic acids is 1. The van der Waals surface area contributed by atoms with Crippen LogP contribution in [0.4, 0.5) is 5.69 Å². The number of aryl methyl sites for hydroxylation is 1. The predicted octanol–water partition coefficient (Wildman–Crippen LogP) is 3.81. The normalized spacial score (nSPS) is 11.3. The summed E-state index contributed by atoms with van der Waals surface area (Å²) in [6.07, 6.45) is 1.62. The standard InChI is InChI=1S/C23H18ClN3O5S/c1-15-9-10-27-21(11-15)25-19(13-22(27)28)14-32-23(29)16-3-2-4-20(12-16)33(30,31)26-18-7-5-17(24)6-8-18/h2-13,26H,14H2,1H3. The Morgan fingerprint density at radius 2 is 1.85 bits per heavy atom. The van der Waals surface area contributed by atoms with E-state index in [4.69, 9.17) is 16.3 Å². The number of ether oxygens (including phenoxy) is 1. The maximum Gasteiger partial charge on any atom is 0.338 e. The topological polar surface area (TPSA) is 107 Å². The van der Waals surface area contributed by atoms with E-state index in [-0.39, 0.29) is 28.3 Å². The van der Waals surface area contributed by atoms with Gasteiger partial charge in [-0.25, -0.2) is 18.2 Å². The lowest BCUT2D eigenvalue weighted by Gasteiger charge is -2.10. The van der Waals surface area contributed by atoms with Crippen molar-refractivity contribution in [3.8, 4) is 0 Å². The molecule has 0 bridgehead atoms. The Kier molecular flexibility index (Phi) is 6.17. The first-order valence-corrected chi connectivity index (χ1v) is 11.6. The molecule has 0 atom stereocenters. The first-order valence-electron chi connectivity index (χ1n) is 9.76. The van der Waals surface area contributed by atoms with Gasteiger partial charge in [-0.3, -0.25) is 13.9 Å². The summed E-state index contributed by atoms with van der Waals surface area (Å²) >= 11 is 5.82. The monoisotopic (exact) mass is 483 g/mol. The summed E-state index contributed by atoms with van der Waals surface area (Å²) < 4.78 is 34.5. The zero-order valence-corrected chi connectivity index (χ0v) is 18.9. The van der Waals surface area contributed by atoms with Gasteiger partial charge in [0.1, 0.15) is 12.3 Å². The number of fused-ring (bicyclic) bond motifs is 1. The van der Waals surface area contributed by atoms with Crippen molar-refractivity contribution in [2.75, 3.05) is 4.72 Å². The summed E-state index contributed by atoms with van der Waals surface area (Å²) in [6, 6.07) is 16.4. The quantitative estimate of drug-likeness (QED) is 0.418. The Labute approximate surface area is 194 Å².